The molecule has 4 aromatic rings. The number of rotatable bonds is 7. The number of nitrogens with zero attached hydrogens (tertiary/aromatic N) is 2. The van der Waals surface area contributed by atoms with Crippen LogP contribution in [0.1, 0.15) is 36.8 Å². The van der Waals surface area contributed by atoms with E-state index < -0.39 is 11.6 Å². The number of carbonyl (C=O) groups is 1. The predicted molar refractivity (Wildman–Crippen MR) is 147 cm³/mol. The summed E-state index contributed by atoms with van der Waals surface area (Å²) < 4.78 is 14.5. The molecule has 2 aromatic heterocycles. The number of halogens is 1. The second kappa shape index (κ2) is 10.1. The summed E-state index contributed by atoms with van der Waals surface area (Å²) in [6.07, 6.45) is 1.73. The second-order valence-corrected chi connectivity index (χ2v) is 10.2. The Kier molecular flexibility index (Phi) is 7.30. The van der Waals surface area contributed by atoms with Gasteiger partial charge in [-0.15, -0.1) is 0 Å². The summed E-state index contributed by atoms with van der Waals surface area (Å²) in [6, 6.07) is 16.5. The molecule has 9 heteroatoms. The van der Waals surface area contributed by atoms with Gasteiger partial charge in [0.15, 0.2) is 0 Å². The minimum absolute atomic E-state index is 0.222. The molecular formula is C26H25IN2O5S. The van der Waals surface area contributed by atoms with E-state index in [4.69, 9.17) is 9.47 Å². The van der Waals surface area contributed by atoms with Crippen LogP contribution in [0.25, 0.3) is 22.0 Å². The van der Waals surface area contributed by atoms with E-state index in [0.717, 1.165) is 0 Å². The molecule has 7 nitrogen and oxygen atoms in total. The molecule has 0 radical (unpaired) electrons. The lowest BCUT2D eigenvalue weighted by molar-refractivity contribution is 0.0519. The molecule has 182 valence electrons. The van der Waals surface area contributed by atoms with Crippen LogP contribution in [0.2, 0.25) is 0 Å². The van der Waals surface area contributed by atoms with E-state index in [0.29, 0.717) is 39.1 Å². The zero-order chi connectivity index (χ0) is 25.3. The molecule has 2 heterocycles. The van der Waals surface area contributed by atoms with Gasteiger partial charge in [-0.2, -0.15) is 0 Å². The van der Waals surface area contributed by atoms with Gasteiger partial charge in [-0.3, -0.25) is 8.77 Å². The Morgan fingerprint density at radius 2 is 1.83 bits per heavy atom. The highest BCUT2D eigenvalue weighted by molar-refractivity contribution is 14.2. The number of aromatic nitrogens is 2. The van der Waals surface area contributed by atoms with E-state index in [9.17, 15) is 14.7 Å². The Labute approximate surface area is 219 Å². The first-order valence-corrected chi connectivity index (χ1v) is 14.3. The monoisotopic (exact) mass is 604 g/mol. The fourth-order valence-corrected chi connectivity index (χ4v) is 5.52. The van der Waals surface area contributed by atoms with Crippen LogP contribution in [0, 0.1) is 0 Å². The molecule has 0 atom stereocenters. The van der Waals surface area contributed by atoms with Crippen LogP contribution < -0.4 is 10.3 Å². The third-order valence-corrected chi connectivity index (χ3v) is 7.29. The maximum absolute atomic E-state index is 13.2. The third kappa shape index (κ3) is 4.98. The van der Waals surface area contributed by atoms with Crippen LogP contribution in [0.15, 0.2) is 65.6 Å². The summed E-state index contributed by atoms with van der Waals surface area (Å²) in [6.45, 7) is 5.38. The Hall–Kier alpha value is -2.76. The van der Waals surface area contributed by atoms with Crippen molar-refractivity contribution in [3.05, 3.63) is 82.4 Å². The van der Waals surface area contributed by atoms with Crippen LogP contribution in [0.5, 0.6) is 11.5 Å². The number of para-hydroxylation sites is 1. The van der Waals surface area contributed by atoms with Crippen LogP contribution in [-0.2, 0) is 17.4 Å². The zero-order valence-corrected chi connectivity index (χ0v) is 22.7. The van der Waals surface area contributed by atoms with E-state index in [2.05, 4.69) is 0 Å². The van der Waals surface area contributed by atoms with Crippen LogP contribution in [-0.4, -0.2) is 26.2 Å². The van der Waals surface area contributed by atoms with Gasteiger partial charge in [-0.1, -0.05) is 24.3 Å². The van der Waals surface area contributed by atoms with E-state index in [1.165, 1.54) is 13.7 Å². The van der Waals surface area contributed by atoms with E-state index in [-0.39, 0.29) is 17.9 Å². The lowest BCUT2D eigenvalue weighted by Crippen LogP contribution is -2.19. The number of esters is 1. The minimum Gasteiger partial charge on any atom is -0.461 e. The fraction of sp³-hybridized carbons (Fsp3) is 0.231. The molecule has 0 fully saturated rings. The molecule has 4 rings (SSSR count). The fourth-order valence-electron chi connectivity index (χ4n) is 3.85. The van der Waals surface area contributed by atoms with Gasteiger partial charge in [0.25, 0.3) is 5.56 Å². The first kappa shape index (κ1) is 25.3. The summed E-state index contributed by atoms with van der Waals surface area (Å²) in [5, 5.41) is 11.3. The SMILES string of the molecule is CCOC(=O)c1cc2c(-c3cc(C(C)(C)O)ccc3Oc3ccccc3)cn(C)c(=O)c2n1SI. The number of hydrogen-bond acceptors (Lipinski definition) is 6. The summed E-state index contributed by atoms with van der Waals surface area (Å²) in [4.78, 5) is 25.9. The predicted octanol–water partition coefficient (Wildman–Crippen LogP) is 6.05. The Morgan fingerprint density at radius 3 is 2.46 bits per heavy atom. The van der Waals surface area contributed by atoms with E-state index >= 15 is 0 Å². The smallest absolute Gasteiger partial charge is 0.355 e. The van der Waals surface area contributed by atoms with Gasteiger partial charge < -0.3 is 19.1 Å². The number of benzene rings is 2. The topological polar surface area (TPSA) is 82.7 Å². The number of aliphatic hydroxyl groups is 1. The summed E-state index contributed by atoms with van der Waals surface area (Å²) >= 11 is 2.04. The van der Waals surface area contributed by atoms with Gasteiger partial charge in [-0.25, -0.2) is 4.79 Å². The minimum atomic E-state index is -1.10. The third-order valence-electron chi connectivity index (χ3n) is 5.59. The molecule has 0 saturated carbocycles. The van der Waals surface area contributed by atoms with Gasteiger partial charge in [-0.05, 0) is 56.7 Å². The van der Waals surface area contributed by atoms with Crippen LogP contribution in [0.4, 0.5) is 0 Å². The highest BCUT2D eigenvalue weighted by Gasteiger charge is 2.25. The molecule has 0 saturated heterocycles. The zero-order valence-electron chi connectivity index (χ0n) is 19.7. The van der Waals surface area contributed by atoms with Gasteiger partial charge in [0.1, 0.15) is 22.7 Å². The number of ether oxygens (including phenoxy) is 2. The van der Waals surface area contributed by atoms with Gasteiger partial charge in [0.2, 0.25) is 0 Å². The molecule has 0 aliphatic heterocycles. The van der Waals surface area contributed by atoms with Crippen molar-refractivity contribution in [2.45, 2.75) is 26.4 Å². The molecule has 0 amide bonds. The molecule has 35 heavy (non-hydrogen) atoms. The molecule has 0 spiro atoms. The van der Waals surface area contributed by atoms with E-state index in [1.54, 1.807) is 44.1 Å². The maximum atomic E-state index is 13.2. The molecule has 1 N–H and O–H groups in total. The molecule has 0 aliphatic rings. The lowest BCUT2D eigenvalue weighted by Gasteiger charge is -2.21. The average molecular weight is 604 g/mol. The standard InChI is InChI=1S/C26H25IN2O5S/c1-5-33-25(31)21-14-19-20(15-28(4)24(30)23(19)29(21)35-27)18-13-16(26(2,3)32)11-12-22(18)34-17-9-7-6-8-10-17/h6-15,32H,5H2,1-4H3. The quantitative estimate of drug-likeness (QED) is 0.204. The lowest BCUT2D eigenvalue weighted by atomic mass is 9.93. The summed E-state index contributed by atoms with van der Waals surface area (Å²) in [5.74, 6) is 0.696. The highest BCUT2D eigenvalue weighted by Crippen LogP contribution is 2.40. The Bertz CT molecular complexity index is 1450. The van der Waals surface area contributed by atoms with Crippen LogP contribution >= 0.6 is 30.3 Å². The summed E-state index contributed by atoms with van der Waals surface area (Å²) in [7, 11) is 2.90. The molecule has 0 aliphatic carbocycles. The largest absolute Gasteiger partial charge is 0.461 e. The van der Waals surface area contributed by atoms with Crippen molar-refractivity contribution in [1.29, 1.82) is 0 Å². The van der Waals surface area contributed by atoms with Crippen molar-refractivity contribution in [2.75, 3.05) is 6.61 Å². The number of pyridine rings is 1. The van der Waals surface area contributed by atoms with E-state index in [1.807, 2.05) is 69.7 Å². The molecular weight excluding hydrogens is 579 g/mol. The Morgan fingerprint density at radius 1 is 1.11 bits per heavy atom. The van der Waals surface area contributed by atoms with Crippen molar-refractivity contribution in [2.24, 2.45) is 7.05 Å². The second-order valence-electron chi connectivity index (χ2n) is 8.52. The van der Waals surface area contributed by atoms with Crippen molar-refractivity contribution in [3.8, 4) is 22.6 Å². The molecule has 2 aromatic carbocycles. The van der Waals surface area contributed by atoms with Gasteiger partial charge in [0, 0.05) is 60.1 Å². The maximum Gasteiger partial charge on any atom is 0.355 e. The average Bonchev–Trinajstić information content (AvgIpc) is 3.22. The van der Waals surface area contributed by atoms with Gasteiger partial charge >= 0.3 is 5.97 Å². The first-order valence-electron chi connectivity index (χ1n) is 11.0. The normalized spacial score (nSPS) is 11.6. The highest BCUT2D eigenvalue weighted by atomic mass is 127. The number of aryl methyl sites for hydroxylation is 1. The van der Waals surface area contributed by atoms with Gasteiger partial charge in [0.05, 0.1) is 12.2 Å². The van der Waals surface area contributed by atoms with Crippen molar-refractivity contribution >= 4 is 47.2 Å². The van der Waals surface area contributed by atoms with Crippen LogP contribution in [0.3, 0.4) is 0 Å². The van der Waals surface area contributed by atoms with Crippen molar-refractivity contribution < 1.29 is 19.4 Å². The number of fused-ring (bicyclic) bond motifs is 1. The first-order chi connectivity index (χ1) is 16.7. The molecule has 0 unspecified atom stereocenters. The Balaban J connectivity index is 2.04. The number of hydrogen-bond donors (Lipinski definition) is 1. The number of carbonyl (C=O) groups excluding carboxylic acids is 1. The van der Waals surface area contributed by atoms with Crippen molar-refractivity contribution in [1.82, 2.24) is 8.54 Å². The molecule has 0 bridgehead atoms. The van der Waals surface area contributed by atoms with Crippen molar-refractivity contribution in [3.63, 3.8) is 0 Å². The summed E-state index contributed by atoms with van der Waals surface area (Å²) in [5.41, 5.74) is 1.35.